The fraction of sp³-hybridized carbons (Fsp3) is 0.333. The summed E-state index contributed by atoms with van der Waals surface area (Å²) in [7, 11) is 0.152. The maximum atomic E-state index is 13.7. The molecule has 0 aliphatic heterocycles. The minimum Gasteiger partial charge on any atom is -0.378 e. The number of nitrogens with zero attached hydrogens (tertiary/aromatic N) is 1. The van der Waals surface area contributed by atoms with E-state index in [0.29, 0.717) is 5.30 Å². The molecular weight excluding hydrogens is 380 g/mol. The molecule has 2 aromatic rings. The maximum Gasteiger partial charge on any atom is 0.264 e. The normalized spacial score (nSPS) is 15.0. The van der Waals surface area contributed by atoms with Gasteiger partial charge in [0.15, 0.2) is 5.85 Å². The van der Waals surface area contributed by atoms with Crippen molar-refractivity contribution in [3.63, 3.8) is 0 Å². The van der Waals surface area contributed by atoms with Gasteiger partial charge in [0.2, 0.25) is 0 Å². The lowest BCUT2D eigenvalue weighted by molar-refractivity contribution is 0.189. The summed E-state index contributed by atoms with van der Waals surface area (Å²) in [6.45, 7) is 3.53. The summed E-state index contributed by atoms with van der Waals surface area (Å²) < 4.78 is 19.4. The van der Waals surface area contributed by atoms with Crippen molar-refractivity contribution in [2.24, 2.45) is 0 Å². The highest BCUT2D eigenvalue weighted by molar-refractivity contribution is 7.67. The quantitative estimate of drug-likeness (QED) is 0.685. The fourth-order valence-corrected chi connectivity index (χ4v) is 5.54. The van der Waals surface area contributed by atoms with Gasteiger partial charge in [0.25, 0.3) is 7.37 Å². The van der Waals surface area contributed by atoms with E-state index in [-0.39, 0.29) is 21.7 Å². The van der Waals surface area contributed by atoms with Crippen LogP contribution in [-0.4, -0.2) is 25.3 Å². The highest BCUT2D eigenvalue weighted by Crippen LogP contribution is 2.60. The van der Waals surface area contributed by atoms with Gasteiger partial charge in [0.1, 0.15) is 0 Å². The van der Waals surface area contributed by atoms with Crippen LogP contribution in [0.5, 0.6) is 0 Å². The first-order valence-electron chi connectivity index (χ1n) is 7.85. The zero-order chi connectivity index (χ0) is 18.8. The molecule has 0 saturated carbocycles. The van der Waals surface area contributed by atoms with Crippen molar-refractivity contribution < 1.29 is 14.2 Å². The monoisotopic (exact) mass is 401 g/mol. The van der Waals surface area contributed by atoms with Crippen LogP contribution in [0.2, 0.25) is 10.0 Å². The van der Waals surface area contributed by atoms with Crippen LogP contribution in [0.15, 0.2) is 42.5 Å². The van der Waals surface area contributed by atoms with Crippen LogP contribution in [0.1, 0.15) is 25.3 Å². The van der Waals surface area contributed by atoms with Crippen LogP contribution < -0.4 is 10.2 Å². The Labute approximate surface area is 158 Å². The van der Waals surface area contributed by atoms with Gasteiger partial charge in [-0.25, -0.2) is 0 Å². The van der Waals surface area contributed by atoms with Crippen molar-refractivity contribution in [1.82, 2.24) is 0 Å². The summed E-state index contributed by atoms with van der Waals surface area (Å²) in [5, 5.41) is 11.8. The predicted octanol–water partition coefficient (Wildman–Crippen LogP) is 5.08. The standard InChI is InChI=1S/C18H22Cl2NO3P/c1-12(2)24-25(23,14-10-8-13(9-11-14)21(3)4)18(22)17-15(19)6-5-7-16(17)20/h5-12,18,22H,1-4H3/t18-,25+/m0/s1. The molecule has 1 N–H and O–H groups in total. The summed E-state index contributed by atoms with van der Waals surface area (Å²) in [5.74, 6) is -1.46. The number of anilines is 1. The molecule has 7 heteroatoms. The average molecular weight is 402 g/mol. The number of aliphatic hydroxyl groups is 1. The van der Waals surface area contributed by atoms with Gasteiger partial charge in [-0.1, -0.05) is 29.3 Å². The lowest BCUT2D eigenvalue weighted by Gasteiger charge is -2.27. The molecule has 25 heavy (non-hydrogen) atoms. The molecule has 0 amide bonds. The van der Waals surface area contributed by atoms with Gasteiger partial charge in [-0.05, 0) is 50.2 Å². The second-order valence-electron chi connectivity index (χ2n) is 6.17. The minimum absolute atomic E-state index is 0.214. The van der Waals surface area contributed by atoms with Crippen LogP contribution in [-0.2, 0) is 9.09 Å². The van der Waals surface area contributed by atoms with E-state index in [1.165, 1.54) is 0 Å². The fourth-order valence-electron chi connectivity index (χ4n) is 2.46. The Morgan fingerprint density at radius 1 is 1.04 bits per heavy atom. The molecule has 0 bridgehead atoms. The highest BCUT2D eigenvalue weighted by Gasteiger charge is 2.39. The van der Waals surface area contributed by atoms with E-state index in [2.05, 4.69) is 0 Å². The first kappa shape index (κ1) is 20.3. The van der Waals surface area contributed by atoms with Crippen molar-refractivity contribution in [3.8, 4) is 0 Å². The first-order valence-corrected chi connectivity index (χ1v) is 10.3. The minimum atomic E-state index is -3.68. The van der Waals surface area contributed by atoms with E-state index in [0.717, 1.165) is 5.69 Å². The number of rotatable bonds is 6. The summed E-state index contributed by atoms with van der Waals surface area (Å²) in [4.78, 5) is 1.93. The summed E-state index contributed by atoms with van der Waals surface area (Å²) in [6, 6.07) is 11.9. The zero-order valence-corrected chi connectivity index (χ0v) is 17.0. The first-order chi connectivity index (χ1) is 11.7. The lowest BCUT2D eigenvalue weighted by atomic mass is 10.2. The summed E-state index contributed by atoms with van der Waals surface area (Å²) in [5.41, 5.74) is 1.16. The molecule has 0 aromatic heterocycles. The molecule has 0 aliphatic carbocycles. The third-order valence-electron chi connectivity index (χ3n) is 3.67. The molecule has 2 rings (SSSR count). The molecular formula is C18H22Cl2NO3P. The number of benzene rings is 2. The van der Waals surface area contributed by atoms with Gasteiger partial charge in [-0.3, -0.25) is 4.57 Å². The summed E-state index contributed by atoms with van der Waals surface area (Å²) >= 11 is 12.4. The van der Waals surface area contributed by atoms with Gasteiger partial charge in [0, 0.05) is 40.7 Å². The van der Waals surface area contributed by atoms with Crippen LogP contribution in [0, 0.1) is 0 Å². The van der Waals surface area contributed by atoms with E-state index >= 15 is 0 Å². The number of hydrogen-bond donors (Lipinski definition) is 1. The number of halogens is 2. The van der Waals surface area contributed by atoms with Crippen LogP contribution >= 0.6 is 30.6 Å². The smallest absolute Gasteiger partial charge is 0.264 e. The topological polar surface area (TPSA) is 49.8 Å². The maximum absolute atomic E-state index is 13.7. The van der Waals surface area contributed by atoms with Crippen molar-refractivity contribution in [2.75, 3.05) is 19.0 Å². The molecule has 0 saturated heterocycles. The van der Waals surface area contributed by atoms with Crippen LogP contribution in [0.3, 0.4) is 0 Å². The Morgan fingerprint density at radius 3 is 2.00 bits per heavy atom. The van der Waals surface area contributed by atoms with Gasteiger partial charge in [-0.2, -0.15) is 0 Å². The Bertz CT molecular complexity index is 758. The van der Waals surface area contributed by atoms with Crippen molar-refractivity contribution in [1.29, 1.82) is 0 Å². The van der Waals surface area contributed by atoms with Crippen LogP contribution in [0.4, 0.5) is 5.69 Å². The van der Waals surface area contributed by atoms with E-state index in [1.54, 1.807) is 44.2 Å². The van der Waals surface area contributed by atoms with Gasteiger partial charge < -0.3 is 14.5 Å². The Morgan fingerprint density at radius 2 is 1.56 bits per heavy atom. The Hall–Kier alpha value is -1.03. The van der Waals surface area contributed by atoms with Crippen molar-refractivity contribution >= 4 is 41.6 Å². The second-order valence-corrected chi connectivity index (χ2v) is 9.40. The third kappa shape index (κ3) is 4.39. The van der Waals surface area contributed by atoms with E-state index < -0.39 is 13.2 Å². The molecule has 4 nitrogen and oxygen atoms in total. The van der Waals surface area contributed by atoms with Gasteiger partial charge >= 0.3 is 0 Å². The second kappa shape index (κ2) is 8.11. The summed E-state index contributed by atoms with van der Waals surface area (Å²) in [6.07, 6.45) is -0.352. The Balaban J connectivity index is 2.55. The molecule has 0 aliphatic rings. The molecule has 0 radical (unpaired) electrons. The highest BCUT2D eigenvalue weighted by atomic mass is 35.5. The molecule has 0 fully saturated rings. The molecule has 0 unspecified atom stereocenters. The number of aliphatic hydroxyl groups excluding tert-OH is 1. The van der Waals surface area contributed by atoms with Gasteiger partial charge in [-0.15, -0.1) is 0 Å². The largest absolute Gasteiger partial charge is 0.378 e. The van der Waals surface area contributed by atoms with E-state index in [9.17, 15) is 9.67 Å². The molecule has 2 aromatic carbocycles. The Kier molecular flexibility index (Phi) is 6.58. The molecule has 136 valence electrons. The van der Waals surface area contributed by atoms with Crippen LogP contribution in [0.25, 0.3) is 0 Å². The zero-order valence-electron chi connectivity index (χ0n) is 14.6. The average Bonchev–Trinajstić information content (AvgIpc) is 2.53. The number of hydrogen-bond acceptors (Lipinski definition) is 4. The van der Waals surface area contributed by atoms with E-state index in [4.69, 9.17) is 27.7 Å². The van der Waals surface area contributed by atoms with Crippen molar-refractivity contribution in [3.05, 3.63) is 58.1 Å². The lowest BCUT2D eigenvalue weighted by Crippen LogP contribution is -2.18. The predicted molar refractivity (Wildman–Crippen MR) is 106 cm³/mol. The third-order valence-corrected chi connectivity index (χ3v) is 6.99. The van der Waals surface area contributed by atoms with E-state index in [1.807, 2.05) is 31.1 Å². The molecule has 2 atom stereocenters. The van der Waals surface area contributed by atoms with Gasteiger partial charge in [0.05, 0.1) is 6.10 Å². The SMILES string of the molecule is CC(C)O[P@](=O)(c1ccc(N(C)C)cc1)[C@H](O)c1c(Cl)cccc1Cl. The molecule has 0 spiro atoms. The van der Waals surface area contributed by atoms with Crippen molar-refractivity contribution in [2.45, 2.75) is 25.8 Å². The molecule has 0 heterocycles.